The Bertz CT molecular complexity index is 950. The third kappa shape index (κ3) is 3.82. The number of rotatable bonds is 6. The Morgan fingerprint density at radius 1 is 1.12 bits per heavy atom. The van der Waals surface area contributed by atoms with Crippen molar-refractivity contribution in [3.63, 3.8) is 0 Å². The van der Waals surface area contributed by atoms with Crippen LogP contribution in [-0.2, 0) is 11.3 Å². The van der Waals surface area contributed by atoms with E-state index in [1.807, 2.05) is 42.5 Å². The fraction of sp³-hybridized carbons (Fsp3) is 0.286. The van der Waals surface area contributed by atoms with Crippen molar-refractivity contribution in [2.75, 3.05) is 7.05 Å². The minimum Gasteiger partial charge on any atom is -0.338 e. The first-order valence-corrected chi connectivity index (χ1v) is 8.88. The molecule has 0 bridgehead atoms. The van der Waals surface area contributed by atoms with Crippen LogP contribution in [0.4, 0.5) is 0 Å². The molecule has 0 aliphatic rings. The number of nitrogens with zero attached hydrogens (tertiary/aromatic N) is 2. The van der Waals surface area contributed by atoms with Crippen LogP contribution in [0.25, 0.3) is 10.9 Å². The summed E-state index contributed by atoms with van der Waals surface area (Å²) in [6, 6.07) is 17.0. The van der Waals surface area contributed by atoms with Gasteiger partial charge in [0.25, 0.3) is 5.56 Å². The van der Waals surface area contributed by atoms with Gasteiger partial charge >= 0.3 is 0 Å². The first kappa shape index (κ1) is 17.9. The Labute approximate surface area is 152 Å². The maximum atomic E-state index is 13.0. The predicted octanol–water partition coefficient (Wildman–Crippen LogP) is 3.47. The molecule has 3 rings (SSSR count). The zero-order chi connectivity index (χ0) is 18.5. The minimum atomic E-state index is -0.182. The van der Waals surface area contributed by atoms with Crippen LogP contribution in [-0.4, -0.2) is 27.8 Å². The summed E-state index contributed by atoms with van der Waals surface area (Å²) >= 11 is 0. The summed E-state index contributed by atoms with van der Waals surface area (Å²) in [7, 11) is 1.75. The molecule has 1 N–H and O–H groups in total. The fourth-order valence-corrected chi connectivity index (χ4v) is 3.19. The zero-order valence-corrected chi connectivity index (χ0v) is 15.1. The molecule has 3 aromatic rings. The normalized spacial score (nSPS) is 12.1. The van der Waals surface area contributed by atoms with Gasteiger partial charge in [0.2, 0.25) is 5.91 Å². The maximum absolute atomic E-state index is 13.0. The van der Waals surface area contributed by atoms with E-state index in [0.29, 0.717) is 16.7 Å². The van der Waals surface area contributed by atoms with E-state index in [0.717, 1.165) is 18.4 Å². The van der Waals surface area contributed by atoms with Gasteiger partial charge in [-0.25, -0.2) is 4.98 Å². The number of likely N-dealkylation sites (N-methyl/N-ethyl adjacent to an activating group) is 1. The lowest BCUT2D eigenvalue weighted by molar-refractivity contribution is -0.132. The number of H-pyrrole nitrogens is 1. The van der Waals surface area contributed by atoms with Crippen LogP contribution in [0.2, 0.25) is 0 Å². The summed E-state index contributed by atoms with van der Waals surface area (Å²) in [5.41, 5.74) is 1.48. The van der Waals surface area contributed by atoms with Crippen LogP contribution < -0.4 is 5.56 Å². The Morgan fingerprint density at radius 3 is 2.54 bits per heavy atom. The molecule has 0 saturated heterocycles. The predicted molar refractivity (Wildman–Crippen MR) is 103 cm³/mol. The van der Waals surface area contributed by atoms with Crippen LogP contribution in [0.1, 0.15) is 37.1 Å². The standard InChI is InChI=1S/C21H23N3O2/c1-3-9-16(15-10-5-4-6-11-15)21(26)24(2)14-19-22-18-13-8-7-12-17(18)20(25)23-19/h4-8,10-13,16H,3,9,14H2,1-2H3,(H,22,23,25)/t16-/m1/s1. The lowest BCUT2D eigenvalue weighted by Crippen LogP contribution is -2.32. The second kappa shape index (κ2) is 7.95. The SMILES string of the molecule is CCC[C@@H](C(=O)N(C)Cc1nc2ccccc2c(=O)[nH]1)c1ccccc1. The van der Waals surface area contributed by atoms with Crippen molar-refractivity contribution in [2.24, 2.45) is 0 Å². The Balaban J connectivity index is 1.83. The summed E-state index contributed by atoms with van der Waals surface area (Å²) in [5.74, 6) is 0.347. The number of carbonyl (C=O) groups is 1. The van der Waals surface area contributed by atoms with Gasteiger partial charge in [-0.3, -0.25) is 9.59 Å². The second-order valence-corrected chi connectivity index (χ2v) is 6.48. The molecule has 1 heterocycles. The van der Waals surface area contributed by atoms with Gasteiger partial charge in [-0.15, -0.1) is 0 Å². The van der Waals surface area contributed by atoms with Crippen molar-refractivity contribution in [1.82, 2.24) is 14.9 Å². The lowest BCUT2D eigenvalue weighted by Gasteiger charge is -2.23. The van der Waals surface area contributed by atoms with Gasteiger partial charge < -0.3 is 9.88 Å². The molecule has 0 fully saturated rings. The largest absolute Gasteiger partial charge is 0.338 e. The number of hydrogen-bond acceptors (Lipinski definition) is 3. The van der Waals surface area contributed by atoms with Crippen molar-refractivity contribution in [1.29, 1.82) is 0 Å². The number of fused-ring (bicyclic) bond motifs is 1. The number of carbonyl (C=O) groups excluding carboxylic acids is 1. The number of hydrogen-bond donors (Lipinski definition) is 1. The third-order valence-corrected chi connectivity index (χ3v) is 4.50. The summed E-state index contributed by atoms with van der Waals surface area (Å²) in [6.45, 7) is 2.34. The molecule has 5 nitrogen and oxygen atoms in total. The molecule has 134 valence electrons. The molecule has 1 amide bonds. The van der Waals surface area contributed by atoms with Crippen LogP contribution in [0.5, 0.6) is 0 Å². The number of benzene rings is 2. The van der Waals surface area contributed by atoms with Gasteiger partial charge in [0, 0.05) is 7.05 Å². The van der Waals surface area contributed by atoms with Crippen molar-refractivity contribution >= 4 is 16.8 Å². The molecule has 0 aliphatic heterocycles. The third-order valence-electron chi connectivity index (χ3n) is 4.50. The van der Waals surface area contributed by atoms with E-state index in [1.54, 1.807) is 24.1 Å². The number of nitrogens with one attached hydrogen (secondary N) is 1. The summed E-state index contributed by atoms with van der Waals surface area (Å²) in [4.78, 5) is 34.1. The highest BCUT2D eigenvalue weighted by atomic mass is 16.2. The van der Waals surface area contributed by atoms with Crippen LogP contribution in [0.3, 0.4) is 0 Å². The van der Waals surface area contributed by atoms with Crippen LogP contribution in [0.15, 0.2) is 59.4 Å². The summed E-state index contributed by atoms with van der Waals surface area (Å²) in [5, 5.41) is 0.554. The molecule has 0 aliphatic carbocycles. The first-order chi connectivity index (χ1) is 12.6. The van der Waals surface area contributed by atoms with E-state index in [4.69, 9.17) is 0 Å². The molecular formula is C21H23N3O2. The van der Waals surface area contributed by atoms with Crippen LogP contribution >= 0.6 is 0 Å². The van der Waals surface area contributed by atoms with Crippen molar-refractivity contribution in [3.8, 4) is 0 Å². The van der Waals surface area contributed by atoms with Gasteiger partial charge in [-0.1, -0.05) is 55.8 Å². The molecule has 0 radical (unpaired) electrons. The maximum Gasteiger partial charge on any atom is 0.258 e. The monoisotopic (exact) mass is 349 g/mol. The topological polar surface area (TPSA) is 66.1 Å². The number of aromatic amines is 1. The molecule has 26 heavy (non-hydrogen) atoms. The molecule has 1 atom stereocenters. The average molecular weight is 349 g/mol. The van der Waals surface area contributed by atoms with Crippen molar-refractivity contribution in [3.05, 3.63) is 76.3 Å². The van der Waals surface area contributed by atoms with Crippen molar-refractivity contribution in [2.45, 2.75) is 32.2 Å². The van der Waals surface area contributed by atoms with Crippen molar-refractivity contribution < 1.29 is 4.79 Å². The van der Waals surface area contributed by atoms with E-state index in [9.17, 15) is 9.59 Å². The zero-order valence-electron chi connectivity index (χ0n) is 15.1. The molecule has 0 saturated carbocycles. The highest BCUT2D eigenvalue weighted by Crippen LogP contribution is 2.23. The highest BCUT2D eigenvalue weighted by Gasteiger charge is 2.23. The van der Waals surface area contributed by atoms with E-state index in [1.165, 1.54) is 0 Å². The Morgan fingerprint density at radius 2 is 1.81 bits per heavy atom. The van der Waals surface area contributed by atoms with E-state index < -0.39 is 0 Å². The Hall–Kier alpha value is -2.95. The smallest absolute Gasteiger partial charge is 0.258 e. The van der Waals surface area contributed by atoms with Crippen LogP contribution in [0, 0.1) is 0 Å². The lowest BCUT2D eigenvalue weighted by atomic mass is 9.93. The van der Waals surface area contributed by atoms with E-state index in [2.05, 4.69) is 16.9 Å². The average Bonchev–Trinajstić information content (AvgIpc) is 2.66. The van der Waals surface area contributed by atoms with Gasteiger partial charge in [0.05, 0.1) is 23.4 Å². The molecule has 1 aromatic heterocycles. The molecule has 2 aromatic carbocycles. The fourth-order valence-electron chi connectivity index (χ4n) is 3.19. The number of para-hydroxylation sites is 1. The highest BCUT2D eigenvalue weighted by molar-refractivity contribution is 5.83. The number of amides is 1. The van der Waals surface area contributed by atoms with E-state index >= 15 is 0 Å². The van der Waals surface area contributed by atoms with Gasteiger partial charge in [0.15, 0.2) is 0 Å². The molecule has 0 unspecified atom stereocenters. The Kier molecular flexibility index (Phi) is 5.46. The van der Waals surface area contributed by atoms with Gasteiger partial charge in [-0.05, 0) is 24.1 Å². The quantitative estimate of drug-likeness (QED) is 0.741. The molecule has 5 heteroatoms. The second-order valence-electron chi connectivity index (χ2n) is 6.48. The minimum absolute atomic E-state index is 0.0360. The summed E-state index contributed by atoms with van der Waals surface area (Å²) in [6.07, 6.45) is 1.71. The van der Waals surface area contributed by atoms with E-state index in [-0.39, 0.29) is 23.9 Å². The van der Waals surface area contributed by atoms with Gasteiger partial charge in [0.1, 0.15) is 5.82 Å². The first-order valence-electron chi connectivity index (χ1n) is 8.88. The molecule has 0 spiro atoms. The molecular weight excluding hydrogens is 326 g/mol. The summed E-state index contributed by atoms with van der Waals surface area (Å²) < 4.78 is 0. The van der Waals surface area contributed by atoms with Gasteiger partial charge in [-0.2, -0.15) is 0 Å². The number of aromatic nitrogens is 2.